The summed E-state index contributed by atoms with van der Waals surface area (Å²) >= 11 is 0. The molecule has 1 atom stereocenters. The van der Waals surface area contributed by atoms with E-state index in [-0.39, 0.29) is 18.6 Å². The van der Waals surface area contributed by atoms with Crippen LogP contribution in [0, 0.1) is 0 Å². The van der Waals surface area contributed by atoms with E-state index >= 15 is 0 Å². The van der Waals surface area contributed by atoms with Gasteiger partial charge in [0.1, 0.15) is 11.5 Å². The number of benzene rings is 3. The van der Waals surface area contributed by atoms with Gasteiger partial charge in [0.2, 0.25) is 0 Å². The topological polar surface area (TPSA) is 64.6 Å². The summed E-state index contributed by atoms with van der Waals surface area (Å²) in [5, 5.41) is 2.99. The molecule has 0 saturated carbocycles. The number of hydrogen-bond acceptors (Lipinski definition) is 4. The van der Waals surface area contributed by atoms with Gasteiger partial charge in [0.15, 0.2) is 6.61 Å². The van der Waals surface area contributed by atoms with E-state index in [1.807, 2.05) is 48.5 Å². The van der Waals surface area contributed by atoms with Crippen LogP contribution in [0.25, 0.3) is 0 Å². The van der Waals surface area contributed by atoms with Crippen LogP contribution in [0.5, 0.6) is 11.5 Å². The van der Waals surface area contributed by atoms with E-state index in [1.165, 1.54) is 5.56 Å². The number of hydrogen-bond donors (Lipinski definition) is 1. The van der Waals surface area contributed by atoms with Gasteiger partial charge in [0.05, 0.1) is 11.6 Å². The van der Waals surface area contributed by atoms with Crippen LogP contribution in [-0.2, 0) is 16.0 Å². The van der Waals surface area contributed by atoms with Gasteiger partial charge in [-0.15, -0.1) is 0 Å². The maximum atomic E-state index is 12.4. The van der Waals surface area contributed by atoms with Crippen LogP contribution in [0.3, 0.4) is 0 Å². The Bertz CT molecular complexity index is 1030. The molecule has 0 saturated heterocycles. The Morgan fingerprint density at radius 3 is 2.53 bits per heavy atom. The third kappa shape index (κ3) is 4.87. The molecule has 1 amide bonds. The Balaban J connectivity index is 1.33. The largest absolute Gasteiger partial charge is 0.457 e. The molecule has 1 aliphatic carbocycles. The van der Waals surface area contributed by atoms with Crippen molar-refractivity contribution in [2.45, 2.75) is 25.3 Å². The zero-order valence-corrected chi connectivity index (χ0v) is 16.5. The van der Waals surface area contributed by atoms with Gasteiger partial charge < -0.3 is 14.8 Å². The lowest BCUT2D eigenvalue weighted by Gasteiger charge is -2.26. The predicted molar refractivity (Wildman–Crippen MR) is 114 cm³/mol. The number of carbonyl (C=O) groups is 2. The lowest BCUT2D eigenvalue weighted by atomic mass is 9.88. The van der Waals surface area contributed by atoms with Crippen molar-refractivity contribution in [2.75, 3.05) is 6.61 Å². The number of amides is 1. The predicted octanol–water partition coefficient (Wildman–Crippen LogP) is 4.83. The van der Waals surface area contributed by atoms with Crippen molar-refractivity contribution in [2.24, 2.45) is 0 Å². The summed E-state index contributed by atoms with van der Waals surface area (Å²) < 4.78 is 11.0. The van der Waals surface area contributed by atoms with Crippen LogP contribution in [0.2, 0.25) is 0 Å². The number of fused-ring (bicyclic) bond motifs is 1. The van der Waals surface area contributed by atoms with Crippen LogP contribution < -0.4 is 10.1 Å². The number of aryl methyl sites for hydroxylation is 1. The molecular formula is C25H23NO4. The molecule has 1 unspecified atom stereocenters. The molecule has 4 rings (SSSR count). The SMILES string of the molecule is O=C(COC(=O)c1cccc(Oc2ccccc2)c1)NC1CCCc2ccccc21. The maximum Gasteiger partial charge on any atom is 0.338 e. The van der Waals surface area contributed by atoms with E-state index in [0.717, 1.165) is 24.8 Å². The second-order valence-corrected chi connectivity index (χ2v) is 7.23. The highest BCUT2D eigenvalue weighted by atomic mass is 16.5. The molecule has 5 heteroatoms. The van der Waals surface area contributed by atoms with E-state index in [0.29, 0.717) is 17.1 Å². The molecule has 3 aromatic rings. The van der Waals surface area contributed by atoms with Crippen molar-refractivity contribution in [3.63, 3.8) is 0 Å². The summed E-state index contributed by atoms with van der Waals surface area (Å²) in [5.74, 6) is 0.337. The molecule has 0 aliphatic heterocycles. The minimum Gasteiger partial charge on any atom is -0.457 e. The quantitative estimate of drug-likeness (QED) is 0.601. The van der Waals surface area contributed by atoms with Crippen molar-refractivity contribution in [1.82, 2.24) is 5.32 Å². The Hall–Kier alpha value is -3.60. The van der Waals surface area contributed by atoms with Gasteiger partial charge in [-0.1, -0.05) is 48.5 Å². The molecular weight excluding hydrogens is 378 g/mol. The highest BCUT2D eigenvalue weighted by Crippen LogP contribution is 2.29. The fourth-order valence-electron chi connectivity index (χ4n) is 3.67. The first-order chi connectivity index (χ1) is 14.7. The van der Waals surface area contributed by atoms with E-state index in [9.17, 15) is 9.59 Å². The Kier molecular flexibility index (Phi) is 6.09. The second-order valence-electron chi connectivity index (χ2n) is 7.23. The second kappa shape index (κ2) is 9.27. The average molecular weight is 401 g/mol. The monoisotopic (exact) mass is 401 g/mol. The molecule has 0 bridgehead atoms. The zero-order valence-electron chi connectivity index (χ0n) is 16.5. The molecule has 152 valence electrons. The summed E-state index contributed by atoms with van der Waals surface area (Å²) in [6, 6.07) is 24.1. The van der Waals surface area contributed by atoms with Crippen molar-refractivity contribution in [1.29, 1.82) is 0 Å². The number of carbonyl (C=O) groups excluding carboxylic acids is 2. The fourth-order valence-corrected chi connectivity index (χ4v) is 3.67. The number of para-hydroxylation sites is 1. The van der Waals surface area contributed by atoms with Crippen molar-refractivity contribution in [3.05, 3.63) is 95.6 Å². The number of esters is 1. The Labute approximate surface area is 175 Å². The van der Waals surface area contributed by atoms with Gasteiger partial charge in [-0.05, 0) is 60.7 Å². The molecule has 1 aliphatic rings. The van der Waals surface area contributed by atoms with Crippen LogP contribution >= 0.6 is 0 Å². The zero-order chi connectivity index (χ0) is 20.8. The maximum absolute atomic E-state index is 12.4. The standard InChI is InChI=1S/C25H23NO4/c27-24(26-23-15-7-9-18-8-4-5-14-22(18)23)17-29-25(28)19-10-6-13-21(16-19)30-20-11-2-1-3-12-20/h1-6,8,10-14,16,23H,7,9,15,17H2,(H,26,27). The van der Waals surface area contributed by atoms with Crippen LogP contribution in [0.15, 0.2) is 78.9 Å². The first-order valence-electron chi connectivity index (χ1n) is 10.1. The summed E-state index contributed by atoms with van der Waals surface area (Å²) in [6.45, 7) is -0.318. The molecule has 3 aromatic carbocycles. The van der Waals surface area contributed by atoms with Crippen molar-refractivity contribution >= 4 is 11.9 Å². The Morgan fingerprint density at radius 1 is 0.900 bits per heavy atom. The van der Waals surface area contributed by atoms with E-state index in [2.05, 4.69) is 11.4 Å². The van der Waals surface area contributed by atoms with E-state index < -0.39 is 5.97 Å². The summed E-state index contributed by atoms with van der Waals surface area (Å²) in [5.41, 5.74) is 2.75. The Morgan fingerprint density at radius 2 is 1.67 bits per heavy atom. The van der Waals surface area contributed by atoms with Gasteiger partial charge in [-0.2, -0.15) is 0 Å². The molecule has 30 heavy (non-hydrogen) atoms. The third-order valence-electron chi connectivity index (χ3n) is 5.09. The molecule has 1 N–H and O–H groups in total. The molecule has 0 aromatic heterocycles. The van der Waals surface area contributed by atoms with Gasteiger partial charge in [0.25, 0.3) is 5.91 Å². The molecule has 0 heterocycles. The van der Waals surface area contributed by atoms with Crippen LogP contribution in [0.4, 0.5) is 0 Å². The number of nitrogens with one attached hydrogen (secondary N) is 1. The van der Waals surface area contributed by atoms with E-state index in [4.69, 9.17) is 9.47 Å². The first-order valence-corrected chi connectivity index (χ1v) is 10.1. The van der Waals surface area contributed by atoms with Crippen molar-refractivity contribution in [3.8, 4) is 11.5 Å². The first kappa shape index (κ1) is 19.7. The molecule has 5 nitrogen and oxygen atoms in total. The average Bonchev–Trinajstić information content (AvgIpc) is 2.78. The smallest absolute Gasteiger partial charge is 0.338 e. The number of rotatable bonds is 6. The lowest BCUT2D eigenvalue weighted by Crippen LogP contribution is -2.34. The van der Waals surface area contributed by atoms with Gasteiger partial charge in [-0.25, -0.2) is 4.79 Å². The highest BCUT2D eigenvalue weighted by Gasteiger charge is 2.22. The fraction of sp³-hybridized carbons (Fsp3) is 0.200. The van der Waals surface area contributed by atoms with E-state index in [1.54, 1.807) is 24.3 Å². The van der Waals surface area contributed by atoms with Gasteiger partial charge in [-0.3, -0.25) is 4.79 Å². The molecule has 0 spiro atoms. The molecule has 0 fully saturated rings. The number of ether oxygens (including phenoxy) is 2. The molecule has 0 radical (unpaired) electrons. The van der Waals surface area contributed by atoms with Crippen LogP contribution in [0.1, 0.15) is 40.4 Å². The lowest BCUT2D eigenvalue weighted by molar-refractivity contribution is -0.125. The minimum absolute atomic E-state index is 0.0382. The van der Waals surface area contributed by atoms with Gasteiger partial charge in [0, 0.05) is 0 Å². The normalized spacial score (nSPS) is 15.0. The van der Waals surface area contributed by atoms with Crippen molar-refractivity contribution < 1.29 is 19.1 Å². The highest BCUT2D eigenvalue weighted by molar-refractivity contribution is 5.91. The summed E-state index contributed by atoms with van der Waals surface area (Å²) in [4.78, 5) is 24.7. The van der Waals surface area contributed by atoms with Gasteiger partial charge >= 0.3 is 5.97 Å². The summed E-state index contributed by atoms with van der Waals surface area (Å²) in [7, 11) is 0. The minimum atomic E-state index is -0.562. The third-order valence-corrected chi connectivity index (χ3v) is 5.09. The van der Waals surface area contributed by atoms with Crippen LogP contribution in [-0.4, -0.2) is 18.5 Å². The summed E-state index contributed by atoms with van der Waals surface area (Å²) in [6.07, 6.45) is 2.93.